The van der Waals surface area contributed by atoms with Crippen LogP contribution in [0.15, 0.2) is 36.4 Å². The number of para-hydroxylation sites is 1. The van der Waals surface area contributed by atoms with Crippen molar-refractivity contribution in [1.82, 2.24) is 0 Å². The molecule has 0 fully saturated rings. The molecule has 0 amide bonds. The molecule has 1 rings (SSSR count). The molecule has 0 radical (unpaired) electrons. The Balaban J connectivity index is 2.66. The lowest BCUT2D eigenvalue weighted by atomic mass is 10.1. The second-order valence-corrected chi connectivity index (χ2v) is 3.89. The van der Waals surface area contributed by atoms with Crippen molar-refractivity contribution in [2.45, 2.75) is 26.4 Å². The summed E-state index contributed by atoms with van der Waals surface area (Å²) in [4.78, 5) is 11.6. The lowest BCUT2D eigenvalue weighted by molar-refractivity contribution is 0.0340. The Bertz CT molecular complexity index is 396. The van der Waals surface area contributed by atoms with Crippen LogP contribution in [-0.4, -0.2) is 17.2 Å². The maximum absolute atomic E-state index is 11.6. The number of hydrogen-bond acceptors (Lipinski definition) is 3. The van der Waals surface area contributed by atoms with Crippen molar-refractivity contribution in [3.8, 4) is 5.75 Å². The number of hydrogen-bond donors (Lipinski definition) is 1. The third-order valence-corrected chi connectivity index (χ3v) is 2.07. The van der Waals surface area contributed by atoms with Crippen LogP contribution in [0, 0.1) is 0 Å². The first kappa shape index (κ1) is 12.3. The SMILES string of the molecule is C=C(C)CC(C)OC(=O)c1ccccc1O. The Morgan fingerprint density at radius 3 is 2.69 bits per heavy atom. The molecule has 1 aromatic carbocycles. The predicted octanol–water partition coefficient (Wildman–Crippen LogP) is 2.90. The zero-order chi connectivity index (χ0) is 12.1. The lowest BCUT2D eigenvalue weighted by Crippen LogP contribution is -2.15. The zero-order valence-electron chi connectivity index (χ0n) is 9.56. The molecule has 1 unspecified atom stereocenters. The summed E-state index contributed by atoms with van der Waals surface area (Å²) in [6, 6.07) is 6.33. The molecule has 1 N–H and O–H groups in total. The monoisotopic (exact) mass is 220 g/mol. The van der Waals surface area contributed by atoms with Crippen molar-refractivity contribution in [2.75, 3.05) is 0 Å². The number of rotatable bonds is 4. The van der Waals surface area contributed by atoms with Crippen LogP contribution < -0.4 is 0 Å². The summed E-state index contributed by atoms with van der Waals surface area (Å²) in [7, 11) is 0. The fourth-order valence-electron chi connectivity index (χ4n) is 1.42. The molecule has 1 atom stereocenters. The van der Waals surface area contributed by atoms with Crippen LogP contribution in [0.5, 0.6) is 5.75 Å². The Labute approximate surface area is 95.4 Å². The highest BCUT2D eigenvalue weighted by Crippen LogP contribution is 2.18. The molecule has 1 aromatic rings. The van der Waals surface area contributed by atoms with Gasteiger partial charge in [-0.3, -0.25) is 0 Å². The number of ether oxygens (including phenoxy) is 1. The Hall–Kier alpha value is -1.77. The first-order valence-corrected chi connectivity index (χ1v) is 5.14. The molecule has 0 saturated heterocycles. The van der Waals surface area contributed by atoms with Crippen LogP contribution in [0.4, 0.5) is 0 Å². The van der Waals surface area contributed by atoms with Crippen molar-refractivity contribution in [3.05, 3.63) is 42.0 Å². The largest absolute Gasteiger partial charge is 0.507 e. The molecule has 0 heterocycles. The van der Waals surface area contributed by atoms with Crippen LogP contribution in [-0.2, 0) is 4.74 Å². The molecule has 0 aliphatic heterocycles. The Morgan fingerprint density at radius 1 is 1.50 bits per heavy atom. The molecule has 0 spiro atoms. The highest BCUT2D eigenvalue weighted by atomic mass is 16.5. The van der Waals surface area contributed by atoms with Crippen LogP contribution in [0.2, 0.25) is 0 Å². The summed E-state index contributed by atoms with van der Waals surface area (Å²) in [6.45, 7) is 7.43. The van der Waals surface area contributed by atoms with Gasteiger partial charge in [-0.05, 0) is 26.0 Å². The van der Waals surface area contributed by atoms with Crippen LogP contribution >= 0.6 is 0 Å². The fraction of sp³-hybridized carbons (Fsp3) is 0.308. The molecule has 3 nitrogen and oxygen atoms in total. The maximum atomic E-state index is 11.6. The first-order chi connectivity index (χ1) is 7.50. The van der Waals surface area contributed by atoms with Crippen molar-refractivity contribution < 1.29 is 14.6 Å². The van der Waals surface area contributed by atoms with E-state index in [1.165, 1.54) is 12.1 Å². The van der Waals surface area contributed by atoms with Crippen molar-refractivity contribution >= 4 is 5.97 Å². The van der Waals surface area contributed by atoms with Crippen molar-refractivity contribution in [1.29, 1.82) is 0 Å². The fourth-order valence-corrected chi connectivity index (χ4v) is 1.42. The smallest absolute Gasteiger partial charge is 0.342 e. The average Bonchev–Trinajstić information content (AvgIpc) is 2.16. The molecule has 3 heteroatoms. The van der Waals surface area contributed by atoms with Crippen LogP contribution in [0.1, 0.15) is 30.6 Å². The van der Waals surface area contributed by atoms with E-state index in [0.717, 1.165) is 5.57 Å². The molecule has 0 aliphatic carbocycles. The van der Waals surface area contributed by atoms with E-state index in [0.29, 0.717) is 6.42 Å². The molecule has 0 saturated carbocycles. The summed E-state index contributed by atoms with van der Waals surface area (Å²) >= 11 is 0. The van der Waals surface area contributed by atoms with Gasteiger partial charge in [0.1, 0.15) is 17.4 Å². The summed E-state index contributed by atoms with van der Waals surface area (Å²) in [5, 5.41) is 9.46. The summed E-state index contributed by atoms with van der Waals surface area (Å²) in [5.74, 6) is -0.568. The third-order valence-electron chi connectivity index (χ3n) is 2.07. The van der Waals surface area contributed by atoms with Crippen molar-refractivity contribution in [3.63, 3.8) is 0 Å². The molecular formula is C13H16O3. The average molecular weight is 220 g/mol. The van der Waals surface area contributed by atoms with Crippen LogP contribution in [0.3, 0.4) is 0 Å². The molecule has 0 bridgehead atoms. The van der Waals surface area contributed by atoms with E-state index in [1.54, 1.807) is 19.1 Å². The second kappa shape index (κ2) is 5.35. The van der Waals surface area contributed by atoms with E-state index in [4.69, 9.17) is 4.74 Å². The third kappa shape index (κ3) is 3.42. The topological polar surface area (TPSA) is 46.5 Å². The predicted molar refractivity (Wildman–Crippen MR) is 62.4 cm³/mol. The zero-order valence-corrected chi connectivity index (χ0v) is 9.56. The van der Waals surface area contributed by atoms with Crippen molar-refractivity contribution in [2.24, 2.45) is 0 Å². The minimum Gasteiger partial charge on any atom is -0.507 e. The van der Waals surface area contributed by atoms with Crippen LogP contribution in [0.25, 0.3) is 0 Å². The summed E-state index contributed by atoms with van der Waals surface area (Å²) < 4.78 is 5.17. The Kier molecular flexibility index (Phi) is 4.11. The maximum Gasteiger partial charge on any atom is 0.342 e. The van der Waals surface area contributed by atoms with E-state index >= 15 is 0 Å². The number of carbonyl (C=O) groups excluding carboxylic acids is 1. The molecule has 16 heavy (non-hydrogen) atoms. The number of esters is 1. The second-order valence-electron chi connectivity index (χ2n) is 3.89. The lowest BCUT2D eigenvalue weighted by Gasteiger charge is -2.13. The quantitative estimate of drug-likeness (QED) is 0.627. The highest BCUT2D eigenvalue weighted by Gasteiger charge is 2.14. The molecule has 86 valence electrons. The van der Waals surface area contributed by atoms with E-state index in [-0.39, 0.29) is 17.4 Å². The van der Waals surface area contributed by atoms with E-state index in [1.807, 2.05) is 6.92 Å². The number of aromatic hydroxyl groups is 1. The van der Waals surface area contributed by atoms with E-state index in [9.17, 15) is 9.90 Å². The van der Waals surface area contributed by atoms with Gasteiger partial charge in [-0.25, -0.2) is 4.79 Å². The number of benzene rings is 1. The summed E-state index contributed by atoms with van der Waals surface area (Å²) in [5.41, 5.74) is 1.15. The minimum absolute atomic E-state index is 0.0602. The van der Waals surface area contributed by atoms with E-state index < -0.39 is 5.97 Å². The standard InChI is InChI=1S/C13H16O3/c1-9(2)8-10(3)16-13(15)11-6-4-5-7-12(11)14/h4-7,10,14H,1,8H2,2-3H3. The summed E-state index contributed by atoms with van der Waals surface area (Å²) in [6.07, 6.45) is 0.392. The molecule has 0 aromatic heterocycles. The minimum atomic E-state index is -0.508. The van der Waals surface area contributed by atoms with Gasteiger partial charge >= 0.3 is 5.97 Å². The number of phenolic OH excluding ortho intramolecular Hbond substituents is 1. The Morgan fingerprint density at radius 2 is 2.12 bits per heavy atom. The van der Waals surface area contributed by atoms with Gasteiger partial charge in [0.15, 0.2) is 0 Å². The normalized spacial score (nSPS) is 11.9. The highest BCUT2D eigenvalue weighted by molar-refractivity contribution is 5.92. The van der Waals surface area contributed by atoms with Gasteiger partial charge in [0.2, 0.25) is 0 Å². The van der Waals surface area contributed by atoms with Gasteiger partial charge in [-0.1, -0.05) is 17.7 Å². The van der Waals surface area contributed by atoms with Gasteiger partial charge in [0.25, 0.3) is 0 Å². The van der Waals surface area contributed by atoms with Gasteiger partial charge in [0.05, 0.1) is 0 Å². The number of phenols is 1. The van der Waals surface area contributed by atoms with Gasteiger partial charge < -0.3 is 9.84 Å². The van der Waals surface area contributed by atoms with Gasteiger partial charge in [0, 0.05) is 6.42 Å². The van der Waals surface area contributed by atoms with Gasteiger partial charge in [-0.15, -0.1) is 6.58 Å². The number of carbonyl (C=O) groups is 1. The van der Waals surface area contributed by atoms with Gasteiger partial charge in [-0.2, -0.15) is 0 Å². The molecule has 0 aliphatic rings. The molecular weight excluding hydrogens is 204 g/mol. The first-order valence-electron chi connectivity index (χ1n) is 5.14. The van der Waals surface area contributed by atoms with E-state index in [2.05, 4.69) is 6.58 Å².